The zero-order valence-corrected chi connectivity index (χ0v) is 20.4. The van der Waals surface area contributed by atoms with Gasteiger partial charge in [0.05, 0.1) is 0 Å². The molecule has 1 aliphatic rings. The van der Waals surface area contributed by atoms with E-state index in [0.29, 0.717) is 31.6 Å². The molecule has 8 heteroatoms. The number of benzene rings is 1. The Morgan fingerprint density at radius 2 is 1.84 bits per heavy atom. The van der Waals surface area contributed by atoms with Crippen molar-refractivity contribution < 1.29 is 23.9 Å². The number of likely N-dealkylation sites (tertiary alicyclic amines) is 1. The molecule has 1 aliphatic heterocycles. The maximum Gasteiger partial charge on any atom is 0.329 e. The largest absolute Gasteiger partial charge is 0.458 e. The van der Waals surface area contributed by atoms with Crippen LogP contribution in [-0.2, 0) is 30.3 Å². The van der Waals surface area contributed by atoms with Crippen LogP contribution >= 0.6 is 11.8 Å². The van der Waals surface area contributed by atoms with E-state index in [1.165, 1.54) is 6.92 Å². The Labute approximate surface area is 194 Å². The minimum atomic E-state index is -0.854. The molecule has 1 fully saturated rings. The lowest BCUT2D eigenvalue weighted by atomic mass is 10.0. The molecule has 0 aliphatic carbocycles. The zero-order valence-electron chi connectivity index (χ0n) is 19.6. The summed E-state index contributed by atoms with van der Waals surface area (Å²) in [4.78, 5) is 51.7. The average Bonchev–Trinajstić information content (AvgIpc) is 3.20. The van der Waals surface area contributed by atoms with E-state index in [1.807, 2.05) is 30.3 Å². The number of rotatable bonds is 8. The second-order valence-corrected chi connectivity index (χ2v) is 10.4. The molecule has 0 aromatic heterocycles. The summed E-state index contributed by atoms with van der Waals surface area (Å²) in [6, 6.07) is 7.94. The molecule has 1 heterocycles. The Kier molecular flexibility index (Phi) is 9.31. The van der Waals surface area contributed by atoms with E-state index < -0.39 is 23.7 Å². The molecular formula is C24H34N2O5S. The summed E-state index contributed by atoms with van der Waals surface area (Å²) in [7, 11) is 0. The van der Waals surface area contributed by atoms with Crippen molar-refractivity contribution in [1.29, 1.82) is 0 Å². The fraction of sp³-hybridized carbons (Fsp3) is 0.583. The van der Waals surface area contributed by atoms with Crippen molar-refractivity contribution in [2.75, 3.05) is 12.3 Å². The molecule has 1 saturated heterocycles. The van der Waals surface area contributed by atoms with Gasteiger partial charge in [0.1, 0.15) is 17.7 Å². The Morgan fingerprint density at radius 3 is 2.44 bits per heavy atom. The lowest BCUT2D eigenvalue weighted by Crippen LogP contribution is -2.53. The van der Waals surface area contributed by atoms with Crippen molar-refractivity contribution in [3.05, 3.63) is 35.9 Å². The van der Waals surface area contributed by atoms with Gasteiger partial charge in [-0.25, -0.2) is 4.79 Å². The lowest BCUT2D eigenvalue weighted by Gasteiger charge is -2.29. The van der Waals surface area contributed by atoms with Gasteiger partial charge in [-0.3, -0.25) is 14.4 Å². The van der Waals surface area contributed by atoms with Crippen LogP contribution in [0.5, 0.6) is 0 Å². The summed E-state index contributed by atoms with van der Waals surface area (Å²) in [5.41, 5.74) is 0.216. The van der Waals surface area contributed by atoms with Crippen LogP contribution in [0.2, 0.25) is 0 Å². The molecule has 0 spiro atoms. The van der Waals surface area contributed by atoms with Crippen molar-refractivity contribution >= 4 is 34.7 Å². The molecule has 0 radical (unpaired) electrons. The number of esters is 1. The summed E-state index contributed by atoms with van der Waals surface area (Å²) in [6.07, 6.45) is 1.55. The number of amides is 2. The topological polar surface area (TPSA) is 92.8 Å². The molecule has 3 atom stereocenters. The normalized spacial score (nSPS) is 18.0. The van der Waals surface area contributed by atoms with E-state index in [9.17, 15) is 19.2 Å². The highest BCUT2D eigenvalue weighted by Gasteiger charge is 2.38. The van der Waals surface area contributed by atoms with E-state index >= 15 is 0 Å². The van der Waals surface area contributed by atoms with Gasteiger partial charge in [0.15, 0.2) is 5.12 Å². The molecule has 32 heavy (non-hydrogen) atoms. The number of hydrogen-bond acceptors (Lipinski definition) is 6. The highest BCUT2D eigenvalue weighted by Crippen LogP contribution is 2.22. The third-order valence-electron chi connectivity index (χ3n) is 5.09. The van der Waals surface area contributed by atoms with E-state index in [1.54, 1.807) is 32.6 Å². The van der Waals surface area contributed by atoms with Crippen LogP contribution in [-0.4, -0.2) is 57.8 Å². The van der Waals surface area contributed by atoms with Crippen LogP contribution in [0, 0.1) is 5.92 Å². The molecule has 0 bridgehead atoms. The molecule has 0 saturated carbocycles. The minimum Gasteiger partial charge on any atom is -0.458 e. The van der Waals surface area contributed by atoms with Gasteiger partial charge in [-0.15, -0.1) is 0 Å². The molecule has 1 aromatic carbocycles. The van der Waals surface area contributed by atoms with Crippen LogP contribution in [0.15, 0.2) is 30.3 Å². The predicted octanol–water partition coefficient (Wildman–Crippen LogP) is 2.96. The van der Waals surface area contributed by atoms with Crippen molar-refractivity contribution in [1.82, 2.24) is 10.2 Å². The smallest absolute Gasteiger partial charge is 0.329 e. The Balaban J connectivity index is 2.11. The molecule has 176 valence electrons. The van der Waals surface area contributed by atoms with E-state index in [-0.39, 0.29) is 22.8 Å². The van der Waals surface area contributed by atoms with Gasteiger partial charge in [-0.05, 0) is 39.2 Å². The predicted molar refractivity (Wildman–Crippen MR) is 125 cm³/mol. The number of carbonyl (C=O) groups is 4. The van der Waals surface area contributed by atoms with Crippen LogP contribution in [0.3, 0.4) is 0 Å². The first-order chi connectivity index (χ1) is 15.0. The first-order valence-corrected chi connectivity index (χ1v) is 12.0. The van der Waals surface area contributed by atoms with Crippen LogP contribution in [0.25, 0.3) is 0 Å². The number of ether oxygens (including phenoxy) is 1. The van der Waals surface area contributed by atoms with Crippen molar-refractivity contribution in [2.45, 2.75) is 71.6 Å². The van der Waals surface area contributed by atoms with Crippen LogP contribution in [0.1, 0.15) is 53.0 Å². The summed E-state index contributed by atoms with van der Waals surface area (Å²) in [5, 5.41) is 2.80. The van der Waals surface area contributed by atoms with Crippen molar-refractivity contribution in [3.63, 3.8) is 0 Å². The van der Waals surface area contributed by atoms with Gasteiger partial charge >= 0.3 is 5.97 Å². The summed E-state index contributed by atoms with van der Waals surface area (Å²) >= 11 is 1.11. The van der Waals surface area contributed by atoms with Crippen molar-refractivity contribution in [2.24, 2.45) is 5.92 Å². The van der Waals surface area contributed by atoms with E-state index in [2.05, 4.69) is 5.32 Å². The Morgan fingerprint density at radius 1 is 1.19 bits per heavy atom. The maximum atomic E-state index is 13.1. The lowest BCUT2D eigenvalue weighted by molar-refractivity contribution is -0.159. The van der Waals surface area contributed by atoms with Gasteiger partial charge in [0, 0.05) is 31.6 Å². The van der Waals surface area contributed by atoms with Gasteiger partial charge in [0.25, 0.3) is 0 Å². The Bertz CT molecular complexity index is 821. The first kappa shape index (κ1) is 25.9. The SMILES string of the molecule is CC(=O)SC[C@@H](C)C(=O)N1CCC[C@H]1C(=O)N[C@@H](Cc1ccccc1)C(=O)OC(C)(C)C. The van der Waals surface area contributed by atoms with E-state index in [0.717, 1.165) is 17.3 Å². The zero-order chi connectivity index (χ0) is 23.9. The summed E-state index contributed by atoms with van der Waals surface area (Å²) in [6.45, 7) is 9.07. The maximum absolute atomic E-state index is 13.1. The molecular weight excluding hydrogens is 428 g/mol. The molecule has 7 nitrogen and oxygen atoms in total. The highest BCUT2D eigenvalue weighted by atomic mass is 32.2. The number of hydrogen-bond donors (Lipinski definition) is 1. The number of carbonyl (C=O) groups excluding carboxylic acids is 4. The number of nitrogens with zero attached hydrogens (tertiary/aromatic N) is 1. The number of thioether (sulfide) groups is 1. The third-order valence-corrected chi connectivity index (χ3v) is 6.16. The van der Waals surface area contributed by atoms with Crippen LogP contribution < -0.4 is 5.32 Å². The molecule has 2 rings (SSSR count). The molecule has 1 N–H and O–H groups in total. The molecule has 2 amide bonds. The van der Waals surface area contributed by atoms with Gasteiger partial charge in [-0.1, -0.05) is 49.0 Å². The standard InChI is InChI=1S/C24H34N2O5S/c1-16(15-32-17(2)27)22(29)26-13-9-12-20(26)21(28)25-19(23(30)31-24(3,4)5)14-18-10-7-6-8-11-18/h6-8,10-11,16,19-20H,9,12-15H2,1-5H3,(H,25,28)/t16-,19+,20+/m1/s1. The van der Waals surface area contributed by atoms with Gasteiger partial charge in [-0.2, -0.15) is 0 Å². The summed E-state index contributed by atoms with van der Waals surface area (Å²) in [5.74, 6) is -0.990. The first-order valence-electron chi connectivity index (χ1n) is 11.0. The fourth-order valence-corrected chi connectivity index (χ4v) is 4.21. The average molecular weight is 463 g/mol. The second-order valence-electron chi connectivity index (χ2n) is 9.18. The van der Waals surface area contributed by atoms with Crippen molar-refractivity contribution in [3.8, 4) is 0 Å². The fourth-order valence-electron chi connectivity index (χ4n) is 3.58. The third kappa shape index (κ3) is 7.97. The quantitative estimate of drug-likeness (QED) is 0.597. The monoisotopic (exact) mass is 462 g/mol. The molecule has 0 unspecified atom stereocenters. The summed E-state index contributed by atoms with van der Waals surface area (Å²) < 4.78 is 5.53. The highest BCUT2D eigenvalue weighted by molar-refractivity contribution is 8.13. The van der Waals surface area contributed by atoms with E-state index in [4.69, 9.17) is 4.74 Å². The van der Waals surface area contributed by atoms with Gasteiger partial charge in [0.2, 0.25) is 11.8 Å². The van der Waals surface area contributed by atoms with Crippen LogP contribution in [0.4, 0.5) is 0 Å². The number of nitrogens with one attached hydrogen (secondary N) is 1. The minimum absolute atomic E-state index is 0.0403. The second kappa shape index (κ2) is 11.5. The Hall–Kier alpha value is -2.35. The van der Waals surface area contributed by atoms with Gasteiger partial charge < -0.3 is 15.0 Å². The molecule has 1 aromatic rings.